The molecule has 1 aliphatic rings. The topological polar surface area (TPSA) is 71.1 Å². The third kappa shape index (κ3) is 3.93. The second kappa shape index (κ2) is 6.54. The Hall–Kier alpha value is -1.14. The van der Waals surface area contributed by atoms with E-state index in [1.54, 1.807) is 12.1 Å². The van der Waals surface area contributed by atoms with E-state index in [-0.39, 0.29) is 10.9 Å². The maximum absolute atomic E-state index is 12.2. The number of anilines is 1. The summed E-state index contributed by atoms with van der Waals surface area (Å²) in [5.41, 5.74) is 0. The summed E-state index contributed by atoms with van der Waals surface area (Å²) >= 11 is 0. The minimum Gasteiger partial charge on any atom is -0.370 e. The van der Waals surface area contributed by atoms with Gasteiger partial charge in [-0.1, -0.05) is 20.3 Å². The van der Waals surface area contributed by atoms with Gasteiger partial charge in [-0.3, -0.25) is 0 Å². The molecule has 2 N–H and O–H groups in total. The summed E-state index contributed by atoms with van der Waals surface area (Å²) < 4.78 is 27.1. The second-order valence-corrected chi connectivity index (χ2v) is 7.03. The molecule has 112 valence electrons. The summed E-state index contributed by atoms with van der Waals surface area (Å²) in [4.78, 5) is 4.37. The van der Waals surface area contributed by atoms with Crippen molar-refractivity contribution in [2.24, 2.45) is 5.92 Å². The molecule has 5 nitrogen and oxygen atoms in total. The van der Waals surface area contributed by atoms with Gasteiger partial charge < -0.3 is 5.32 Å². The highest BCUT2D eigenvalue weighted by Gasteiger charge is 2.39. The number of hydrogen-bond acceptors (Lipinski definition) is 4. The fourth-order valence-corrected chi connectivity index (χ4v) is 3.51. The summed E-state index contributed by atoms with van der Waals surface area (Å²) in [6, 6.07) is 3.42. The molecule has 0 aliphatic heterocycles. The molecule has 0 bridgehead atoms. The SMILES string of the molecule is CCCNc1ccc(S(=O)(=O)NC2CC2CCC)cn1. The lowest BCUT2D eigenvalue weighted by atomic mass is 10.2. The van der Waals surface area contributed by atoms with Gasteiger partial charge in [0, 0.05) is 18.8 Å². The monoisotopic (exact) mass is 297 g/mol. The van der Waals surface area contributed by atoms with Crippen LogP contribution in [0.25, 0.3) is 0 Å². The van der Waals surface area contributed by atoms with Crippen LogP contribution in [0.5, 0.6) is 0 Å². The fourth-order valence-electron chi connectivity index (χ4n) is 2.25. The Bertz CT molecular complexity index is 528. The van der Waals surface area contributed by atoms with Crippen molar-refractivity contribution in [2.75, 3.05) is 11.9 Å². The highest BCUT2D eigenvalue weighted by Crippen LogP contribution is 2.35. The number of aromatic nitrogens is 1. The summed E-state index contributed by atoms with van der Waals surface area (Å²) in [7, 11) is -3.43. The minimum absolute atomic E-state index is 0.109. The van der Waals surface area contributed by atoms with Gasteiger partial charge in [0.05, 0.1) is 0 Å². The van der Waals surface area contributed by atoms with Gasteiger partial charge in [0.1, 0.15) is 10.7 Å². The number of pyridine rings is 1. The van der Waals surface area contributed by atoms with Crippen LogP contribution in [0.3, 0.4) is 0 Å². The van der Waals surface area contributed by atoms with Crippen molar-refractivity contribution in [1.29, 1.82) is 0 Å². The molecule has 0 saturated heterocycles. The molecule has 20 heavy (non-hydrogen) atoms. The molecule has 1 fully saturated rings. The maximum Gasteiger partial charge on any atom is 0.242 e. The van der Waals surface area contributed by atoms with Crippen LogP contribution in [-0.2, 0) is 10.0 Å². The van der Waals surface area contributed by atoms with Gasteiger partial charge in [-0.2, -0.15) is 0 Å². The van der Waals surface area contributed by atoms with E-state index in [0.29, 0.717) is 11.7 Å². The zero-order valence-corrected chi connectivity index (χ0v) is 12.9. The number of nitrogens with one attached hydrogen (secondary N) is 2. The normalized spacial score (nSPS) is 21.7. The minimum atomic E-state index is -3.43. The standard InChI is InChI=1S/C14H23N3O2S/c1-3-5-11-9-13(11)17-20(18,19)12-6-7-14(16-10-12)15-8-4-2/h6-7,10-11,13,17H,3-5,8-9H2,1-2H3,(H,15,16). The van der Waals surface area contributed by atoms with Crippen LogP contribution in [-0.4, -0.2) is 26.0 Å². The summed E-state index contributed by atoms with van der Waals surface area (Å²) in [5, 5.41) is 3.12. The molecule has 2 rings (SSSR count). The summed E-state index contributed by atoms with van der Waals surface area (Å²) in [6.45, 7) is 5.02. The Morgan fingerprint density at radius 2 is 2.10 bits per heavy atom. The number of hydrogen-bond donors (Lipinski definition) is 2. The Morgan fingerprint density at radius 3 is 2.70 bits per heavy atom. The molecule has 0 aromatic carbocycles. The fraction of sp³-hybridized carbons (Fsp3) is 0.643. The number of sulfonamides is 1. The van der Waals surface area contributed by atoms with Crippen molar-refractivity contribution in [3.05, 3.63) is 18.3 Å². The largest absolute Gasteiger partial charge is 0.370 e. The summed E-state index contributed by atoms with van der Waals surface area (Å²) in [6.07, 6.45) is 5.56. The van der Waals surface area contributed by atoms with E-state index in [1.807, 2.05) is 0 Å². The van der Waals surface area contributed by atoms with Crippen LogP contribution in [0, 0.1) is 5.92 Å². The van der Waals surface area contributed by atoms with Crippen molar-refractivity contribution in [1.82, 2.24) is 9.71 Å². The van der Waals surface area contributed by atoms with E-state index < -0.39 is 10.0 Å². The van der Waals surface area contributed by atoms with Gasteiger partial charge in [0.25, 0.3) is 0 Å². The van der Waals surface area contributed by atoms with Crippen LogP contribution in [0.1, 0.15) is 39.5 Å². The third-order valence-corrected chi connectivity index (χ3v) is 4.97. The first-order valence-electron chi connectivity index (χ1n) is 7.29. The third-order valence-electron chi connectivity index (χ3n) is 3.49. The van der Waals surface area contributed by atoms with Gasteiger partial charge in [-0.15, -0.1) is 0 Å². The van der Waals surface area contributed by atoms with Crippen molar-refractivity contribution < 1.29 is 8.42 Å². The average Bonchev–Trinajstić information content (AvgIpc) is 3.14. The first-order valence-corrected chi connectivity index (χ1v) is 8.77. The van der Waals surface area contributed by atoms with E-state index in [2.05, 4.69) is 28.9 Å². The van der Waals surface area contributed by atoms with Crippen LogP contribution in [0.15, 0.2) is 23.2 Å². The molecular formula is C14H23N3O2S. The first-order chi connectivity index (χ1) is 9.56. The van der Waals surface area contributed by atoms with E-state index in [4.69, 9.17) is 0 Å². The Balaban J connectivity index is 1.96. The van der Waals surface area contributed by atoms with Crippen molar-refractivity contribution in [3.8, 4) is 0 Å². The molecule has 2 unspecified atom stereocenters. The zero-order valence-electron chi connectivity index (χ0n) is 12.1. The van der Waals surface area contributed by atoms with Gasteiger partial charge in [-0.05, 0) is 37.3 Å². The molecule has 0 spiro atoms. The smallest absolute Gasteiger partial charge is 0.242 e. The Kier molecular flexibility index (Phi) is 4.99. The van der Waals surface area contributed by atoms with Gasteiger partial charge in [0.2, 0.25) is 10.0 Å². The van der Waals surface area contributed by atoms with Crippen molar-refractivity contribution in [2.45, 2.75) is 50.5 Å². The Morgan fingerprint density at radius 1 is 1.30 bits per heavy atom. The highest BCUT2D eigenvalue weighted by atomic mass is 32.2. The molecule has 0 amide bonds. The van der Waals surface area contributed by atoms with E-state index in [1.165, 1.54) is 6.20 Å². The first kappa shape index (κ1) is 15.3. The quantitative estimate of drug-likeness (QED) is 0.773. The lowest BCUT2D eigenvalue weighted by Crippen LogP contribution is -2.27. The molecule has 1 saturated carbocycles. The maximum atomic E-state index is 12.2. The van der Waals surface area contributed by atoms with Crippen molar-refractivity contribution in [3.63, 3.8) is 0 Å². The second-order valence-electron chi connectivity index (χ2n) is 5.32. The number of nitrogens with zero attached hydrogens (tertiary/aromatic N) is 1. The molecule has 1 aromatic rings. The van der Waals surface area contributed by atoms with Gasteiger partial charge in [-0.25, -0.2) is 18.1 Å². The lowest BCUT2D eigenvalue weighted by Gasteiger charge is -2.07. The van der Waals surface area contributed by atoms with Gasteiger partial charge in [0.15, 0.2) is 0 Å². The molecule has 6 heteroatoms. The molecule has 1 aliphatic carbocycles. The van der Waals surface area contributed by atoms with E-state index in [9.17, 15) is 8.42 Å². The number of rotatable bonds is 8. The molecule has 1 aromatic heterocycles. The van der Waals surface area contributed by atoms with Crippen LogP contribution in [0.4, 0.5) is 5.82 Å². The average molecular weight is 297 g/mol. The van der Waals surface area contributed by atoms with E-state index in [0.717, 1.165) is 32.2 Å². The lowest BCUT2D eigenvalue weighted by molar-refractivity contribution is 0.572. The van der Waals surface area contributed by atoms with Crippen LogP contribution >= 0.6 is 0 Å². The molecule has 1 heterocycles. The molecule has 2 atom stereocenters. The van der Waals surface area contributed by atoms with E-state index >= 15 is 0 Å². The summed E-state index contributed by atoms with van der Waals surface area (Å²) in [5.74, 6) is 1.22. The Labute approximate surface area is 121 Å². The van der Waals surface area contributed by atoms with Gasteiger partial charge >= 0.3 is 0 Å². The predicted octanol–water partition coefficient (Wildman–Crippen LogP) is 2.37. The predicted molar refractivity (Wildman–Crippen MR) is 80.1 cm³/mol. The molecule has 0 radical (unpaired) electrons. The van der Waals surface area contributed by atoms with Crippen molar-refractivity contribution >= 4 is 15.8 Å². The zero-order chi connectivity index (χ0) is 14.6. The molecular weight excluding hydrogens is 274 g/mol. The van der Waals surface area contributed by atoms with Crippen LogP contribution in [0.2, 0.25) is 0 Å². The highest BCUT2D eigenvalue weighted by molar-refractivity contribution is 7.89. The van der Waals surface area contributed by atoms with Crippen LogP contribution < -0.4 is 10.0 Å².